The highest BCUT2D eigenvalue weighted by molar-refractivity contribution is 5.91. The van der Waals surface area contributed by atoms with E-state index in [-0.39, 0.29) is 16.9 Å². The van der Waals surface area contributed by atoms with Crippen LogP contribution in [0.2, 0.25) is 0 Å². The van der Waals surface area contributed by atoms with E-state index in [1.54, 1.807) is 12.1 Å². The molecule has 2 rings (SSSR count). The first-order valence-electron chi connectivity index (χ1n) is 7.36. The number of ether oxygens (including phenoxy) is 1. The molecule has 2 aromatic carbocycles. The van der Waals surface area contributed by atoms with Crippen LogP contribution in [0.25, 0.3) is 0 Å². The molecule has 24 heavy (non-hydrogen) atoms. The molecule has 0 heterocycles. The van der Waals surface area contributed by atoms with Crippen molar-refractivity contribution in [3.8, 4) is 11.8 Å². The summed E-state index contributed by atoms with van der Waals surface area (Å²) >= 11 is 0. The zero-order chi connectivity index (χ0) is 17.5. The van der Waals surface area contributed by atoms with E-state index < -0.39 is 17.6 Å². The van der Waals surface area contributed by atoms with Gasteiger partial charge in [-0.2, -0.15) is 5.26 Å². The van der Waals surface area contributed by atoms with Gasteiger partial charge in [0.05, 0.1) is 11.1 Å². The lowest BCUT2D eigenvalue weighted by molar-refractivity contribution is 0.0729. The fraction of sp³-hybridized carbons (Fsp3) is 0.158. The standard InChI is InChI=1S/C19H15F2NO2/c1-2-3-4-5-13-6-9-16(18(21)10-13)19(23)24-15-8-7-14(12-22)17(20)11-15/h2-3,6-11H,4-5H2,1H3/b3-2+. The second kappa shape index (κ2) is 8.02. The highest BCUT2D eigenvalue weighted by atomic mass is 19.1. The number of nitrogens with zero attached hydrogens (tertiary/aromatic N) is 1. The Hall–Kier alpha value is -3.00. The van der Waals surface area contributed by atoms with Crippen LogP contribution in [0.4, 0.5) is 8.78 Å². The van der Waals surface area contributed by atoms with Gasteiger partial charge < -0.3 is 4.74 Å². The second-order valence-corrected chi connectivity index (χ2v) is 5.06. The summed E-state index contributed by atoms with van der Waals surface area (Å²) in [5.41, 5.74) is 0.382. The molecule has 0 N–H and O–H groups in total. The summed E-state index contributed by atoms with van der Waals surface area (Å²) in [5.74, 6) is -2.50. The lowest BCUT2D eigenvalue weighted by Crippen LogP contribution is -2.11. The first-order chi connectivity index (χ1) is 11.5. The van der Waals surface area contributed by atoms with Gasteiger partial charge in [0.2, 0.25) is 0 Å². The van der Waals surface area contributed by atoms with Crippen molar-refractivity contribution in [2.24, 2.45) is 0 Å². The average Bonchev–Trinajstić information content (AvgIpc) is 2.55. The molecule has 0 spiro atoms. The maximum atomic E-state index is 14.1. The molecule has 2 aromatic rings. The second-order valence-electron chi connectivity index (χ2n) is 5.06. The smallest absolute Gasteiger partial charge is 0.346 e. The molecule has 0 fully saturated rings. The van der Waals surface area contributed by atoms with Gasteiger partial charge in [-0.25, -0.2) is 13.6 Å². The zero-order valence-corrected chi connectivity index (χ0v) is 13.1. The van der Waals surface area contributed by atoms with Crippen molar-refractivity contribution in [2.75, 3.05) is 0 Å². The molecule has 0 radical (unpaired) electrons. The van der Waals surface area contributed by atoms with Crippen LogP contribution in [0.1, 0.15) is 34.8 Å². The summed E-state index contributed by atoms with van der Waals surface area (Å²) in [4.78, 5) is 12.0. The van der Waals surface area contributed by atoms with E-state index in [1.807, 2.05) is 19.1 Å². The van der Waals surface area contributed by atoms with Crippen molar-refractivity contribution in [2.45, 2.75) is 19.8 Å². The van der Waals surface area contributed by atoms with Crippen LogP contribution in [0, 0.1) is 23.0 Å². The number of carbonyl (C=O) groups is 1. The molecule has 0 bridgehead atoms. The molecular weight excluding hydrogens is 312 g/mol. The molecule has 0 aliphatic heterocycles. The highest BCUT2D eigenvalue weighted by Gasteiger charge is 2.15. The Morgan fingerprint density at radius 1 is 1.21 bits per heavy atom. The predicted octanol–water partition coefficient (Wildman–Crippen LogP) is 4.56. The van der Waals surface area contributed by atoms with Crippen LogP contribution < -0.4 is 4.74 Å². The van der Waals surface area contributed by atoms with Crippen molar-refractivity contribution < 1.29 is 18.3 Å². The summed E-state index contributed by atoms with van der Waals surface area (Å²) in [6.45, 7) is 1.91. The van der Waals surface area contributed by atoms with Gasteiger partial charge in [0.25, 0.3) is 0 Å². The molecule has 3 nitrogen and oxygen atoms in total. The molecule has 0 atom stereocenters. The molecule has 0 aromatic heterocycles. The van der Waals surface area contributed by atoms with E-state index in [1.165, 1.54) is 24.3 Å². The minimum absolute atomic E-state index is 0.0898. The summed E-state index contributed by atoms with van der Waals surface area (Å²) in [5, 5.41) is 8.66. The lowest BCUT2D eigenvalue weighted by Gasteiger charge is -2.07. The Morgan fingerprint density at radius 3 is 2.62 bits per heavy atom. The zero-order valence-electron chi connectivity index (χ0n) is 13.1. The van der Waals surface area contributed by atoms with E-state index in [0.717, 1.165) is 18.1 Å². The number of aryl methyl sites for hydroxylation is 1. The number of nitriles is 1. The van der Waals surface area contributed by atoms with Gasteiger partial charge >= 0.3 is 5.97 Å². The molecule has 5 heteroatoms. The number of esters is 1. The molecule has 0 saturated carbocycles. The van der Waals surface area contributed by atoms with Gasteiger partial charge in [-0.3, -0.25) is 0 Å². The molecule has 0 saturated heterocycles. The molecule has 122 valence electrons. The number of hydrogen-bond donors (Lipinski definition) is 0. The van der Waals surface area contributed by atoms with Crippen LogP contribution in [-0.2, 0) is 6.42 Å². The monoisotopic (exact) mass is 327 g/mol. The van der Waals surface area contributed by atoms with E-state index >= 15 is 0 Å². The molecule has 0 unspecified atom stereocenters. The van der Waals surface area contributed by atoms with E-state index in [0.29, 0.717) is 6.42 Å². The SMILES string of the molecule is C/C=C/CCc1ccc(C(=O)Oc2ccc(C#N)c(F)c2)c(F)c1. The summed E-state index contributed by atoms with van der Waals surface area (Å²) in [7, 11) is 0. The summed E-state index contributed by atoms with van der Waals surface area (Å²) < 4.78 is 32.5. The third kappa shape index (κ3) is 4.26. The number of benzene rings is 2. The third-order valence-electron chi connectivity index (χ3n) is 3.36. The quantitative estimate of drug-likeness (QED) is 0.459. The normalized spacial score (nSPS) is 10.6. The van der Waals surface area contributed by atoms with Gasteiger partial charge in [-0.05, 0) is 49.6 Å². The average molecular weight is 327 g/mol. The summed E-state index contributed by atoms with van der Waals surface area (Å²) in [6.07, 6.45) is 5.33. The first kappa shape index (κ1) is 17.4. The maximum Gasteiger partial charge on any atom is 0.346 e. The maximum absolute atomic E-state index is 14.1. The fourth-order valence-electron chi connectivity index (χ4n) is 2.11. The first-order valence-corrected chi connectivity index (χ1v) is 7.36. The van der Waals surface area contributed by atoms with Gasteiger partial charge in [-0.15, -0.1) is 0 Å². The molecule has 0 amide bonds. The van der Waals surface area contributed by atoms with Crippen molar-refractivity contribution in [3.63, 3.8) is 0 Å². The minimum Gasteiger partial charge on any atom is -0.423 e. The topological polar surface area (TPSA) is 50.1 Å². The highest BCUT2D eigenvalue weighted by Crippen LogP contribution is 2.19. The van der Waals surface area contributed by atoms with Crippen LogP contribution in [0.3, 0.4) is 0 Å². The molecule has 0 aliphatic rings. The van der Waals surface area contributed by atoms with Crippen LogP contribution in [-0.4, -0.2) is 5.97 Å². The Kier molecular flexibility index (Phi) is 5.80. The van der Waals surface area contributed by atoms with Gasteiger partial charge in [0, 0.05) is 6.07 Å². The van der Waals surface area contributed by atoms with E-state index in [4.69, 9.17) is 10.00 Å². The van der Waals surface area contributed by atoms with Crippen molar-refractivity contribution >= 4 is 5.97 Å². The number of allylic oxidation sites excluding steroid dienone is 2. The van der Waals surface area contributed by atoms with E-state index in [9.17, 15) is 13.6 Å². The summed E-state index contributed by atoms with van der Waals surface area (Å²) in [6, 6.07) is 9.35. The van der Waals surface area contributed by atoms with Gasteiger partial charge in [0.1, 0.15) is 23.5 Å². The number of rotatable bonds is 5. The van der Waals surface area contributed by atoms with Crippen LogP contribution in [0.5, 0.6) is 5.75 Å². The number of hydrogen-bond acceptors (Lipinski definition) is 3. The Bertz CT molecular complexity index is 823. The van der Waals surface area contributed by atoms with Crippen LogP contribution >= 0.6 is 0 Å². The number of halogens is 2. The van der Waals surface area contributed by atoms with Gasteiger partial charge in [-0.1, -0.05) is 18.2 Å². The Morgan fingerprint density at radius 2 is 2.00 bits per heavy atom. The minimum atomic E-state index is -0.920. The van der Waals surface area contributed by atoms with E-state index in [2.05, 4.69) is 0 Å². The Labute approximate surface area is 138 Å². The lowest BCUT2D eigenvalue weighted by atomic mass is 10.1. The fourth-order valence-corrected chi connectivity index (χ4v) is 2.11. The van der Waals surface area contributed by atoms with Crippen molar-refractivity contribution in [1.82, 2.24) is 0 Å². The Balaban J connectivity index is 2.12. The van der Waals surface area contributed by atoms with Gasteiger partial charge in [0.15, 0.2) is 0 Å². The largest absolute Gasteiger partial charge is 0.423 e. The van der Waals surface area contributed by atoms with Crippen molar-refractivity contribution in [3.05, 3.63) is 76.9 Å². The number of carbonyl (C=O) groups excluding carboxylic acids is 1. The predicted molar refractivity (Wildman–Crippen MR) is 85.6 cm³/mol. The van der Waals surface area contributed by atoms with Crippen molar-refractivity contribution in [1.29, 1.82) is 5.26 Å². The third-order valence-corrected chi connectivity index (χ3v) is 3.36. The molecule has 0 aliphatic carbocycles. The van der Waals surface area contributed by atoms with Crippen LogP contribution in [0.15, 0.2) is 48.6 Å². The molecular formula is C19H15F2NO2.